The van der Waals surface area contributed by atoms with Crippen molar-refractivity contribution < 1.29 is 4.79 Å². The predicted molar refractivity (Wildman–Crippen MR) is 100 cm³/mol. The summed E-state index contributed by atoms with van der Waals surface area (Å²) in [5, 5.41) is 9.61. The maximum absolute atomic E-state index is 12.5. The molecule has 4 heteroatoms. The van der Waals surface area contributed by atoms with Crippen LogP contribution in [0.5, 0.6) is 0 Å². The number of rotatable bonds is 2. The van der Waals surface area contributed by atoms with Crippen LogP contribution in [0.2, 0.25) is 0 Å². The minimum Gasteiger partial charge on any atom is -0.370 e. The first-order valence-electron chi connectivity index (χ1n) is 9.94. The number of nitriles is 1. The number of Topliss-reactive ketones (excluding diaryl/α,β-unsaturated/α-hetero) is 1. The molecule has 0 radical (unpaired) electrons. The van der Waals surface area contributed by atoms with Gasteiger partial charge in [-0.05, 0) is 49.6 Å². The van der Waals surface area contributed by atoms with E-state index >= 15 is 0 Å². The molecule has 3 fully saturated rings. The van der Waals surface area contributed by atoms with Crippen molar-refractivity contribution in [2.24, 2.45) is 5.41 Å². The van der Waals surface area contributed by atoms with Crippen molar-refractivity contribution in [1.82, 2.24) is 9.80 Å². The maximum atomic E-state index is 12.5. The van der Waals surface area contributed by atoms with Crippen LogP contribution in [0.15, 0.2) is 29.8 Å². The summed E-state index contributed by atoms with van der Waals surface area (Å²) in [4.78, 5) is 17.5. The highest BCUT2D eigenvalue weighted by molar-refractivity contribution is 6.09. The van der Waals surface area contributed by atoms with Gasteiger partial charge in [-0.3, -0.25) is 9.69 Å². The van der Waals surface area contributed by atoms with Crippen LogP contribution < -0.4 is 0 Å². The molecule has 4 aliphatic rings. The lowest BCUT2D eigenvalue weighted by Crippen LogP contribution is -2.44. The molecule has 0 aromatic heterocycles. The van der Waals surface area contributed by atoms with E-state index in [9.17, 15) is 10.1 Å². The topological polar surface area (TPSA) is 47.3 Å². The zero-order valence-electron chi connectivity index (χ0n) is 15.2. The van der Waals surface area contributed by atoms with Crippen molar-refractivity contribution >= 4 is 11.5 Å². The van der Waals surface area contributed by atoms with Crippen molar-refractivity contribution in [2.45, 2.75) is 44.6 Å². The first kappa shape index (κ1) is 16.1. The summed E-state index contributed by atoms with van der Waals surface area (Å²) in [5.74, 6) is -0.0291. The quantitative estimate of drug-likeness (QED) is 0.825. The number of nitrogens with zero attached hydrogens (tertiary/aromatic N) is 3. The number of hydrogen-bond donors (Lipinski definition) is 0. The highest BCUT2D eigenvalue weighted by atomic mass is 16.1. The molecular weight excluding hydrogens is 322 g/mol. The van der Waals surface area contributed by atoms with E-state index in [1.807, 2.05) is 18.2 Å². The lowest BCUT2D eigenvalue weighted by atomic mass is 9.87. The van der Waals surface area contributed by atoms with Gasteiger partial charge in [0.05, 0.1) is 5.70 Å². The SMILES string of the molecule is N#CC1=C(N2CCC(N3CCC4(CC4)C3)CC2)c2ccccc2CC1=O. The molecule has 1 aromatic rings. The third-order valence-corrected chi connectivity index (χ3v) is 6.97. The Bertz CT molecular complexity index is 822. The molecule has 0 bridgehead atoms. The molecule has 2 saturated heterocycles. The Balaban J connectivity index is 1.36. The minimum atomic E-state index is -0.0291. The first-order chi connectivity index (χ1) is 12.7. The van der Waals surface area contributed by atoms with E-state index in [4.69, 9.17) is 0 Å². The normalized spacial score (nSPS) is 25.5. The molecule has 0 N–H and O–H groups in total. The molecule has 4 nitrogen and oxygen atoms in total. The van der Waals surface area contributed by atoms with E-state index < -0.39 is 0 Å². The number of hydrogen-bond acceptors (Lipinski definition) is 4. The molecule has 1 aromatic carbocycles. The van der Waals surface area contributed by atoms with Gasteiger partial charge in [0.1, 0.15) is 11.6 Å². The summed E-state index contributed by atoms with van der Waals surface area (Å²) in [6.07, 6.45) is 6.87. The van der Waals surface area contributed by atoms with Gasteiger partial charge in [-0.15, -0.1) is 0 Å². The summed E-state index contributed by atoms with van der Waals surface area (Å²) in [7, 11) is 0. The maximum Gasteiger partial charge on any atom is 0.179 e. The van der Waals surface area contributed by atoms with Gasteiger partial charge in [0, 0.05) is 37.7 Å². The van der Waals surface area contributed by atoms with Crippen LogP contribution in [0.4, 0.5) is 0 Å². The van der Waals surface area contributed by atoms with Crippen molar-refractivity contribution in [2.75, 3.05) is 26.2 Å². The van der Waals surface area contributed by atoms with Crippen molar-refractivity contribution in [3.05, 3.63) is 41.0 Å². The molecule has 2 heterocycles. The second-order valence-electron chi connectivity index (χ2n) is 8.53. The van der Waals surface area contributed by atoms with Gasteiger partial charge in [-0.2, -0.15) is 5.26 Å². The molecule has 5 rings (SSSR count). The van der Waals surface area contributed by atoms with Gasteiger partial charge < -0.3 is 4.90 Å². The summed E-state index contributed by atoms with van der Waals surface area (Å²) in [6.45, 7) is 4.44. The van der Waals surface area contributed by atoms with Crippen molar-refractivity contribution in [3.8, 4) is 6.07 Å². The lowest BCUT2D eigenvalue weighted by Gasteiger charge is -2.40. The second-order valence-corrected chi connectivity index (χ2v) is 8.53. The Kier molecular flexibility index (Phi) is 3.68. The van der Waals surface area contributed by atoms with Crippen LogP contribution in [-0.4, -0.2) is 47.8 Å². The molecule has 1 spiro atoms. The van der Waals surface area contributed by atoms with Crippen LogP contribution >= 0.6 is 0 Å². The number of allylic oxidation sites excluding steroid dienone is 1. The fourth-order valence-corrected chi connectivity index (χ4v) is 5.20. The molecular formula is C22H25N3O. The van der Waals surface area contributed by atoms with Gasteiger partial charge >= 0.3 is 0 Å². The number of fused-ring (bicyclic) bond motifs is 1. The molecule has 0 amide bonds. The monoisotopic (exact) mass is 347 g/mol. The molecule has 26 heavy (non-hydrogen) atoms. The van der Waals surface area contributed by atoms with Gasteiger partial charge in [-0.25, -0.2) is 0 Å². The Morgan fingerprint density at radius 3 is 2.54 bits per heavy atom. The number of likely N-dealkylation sites (tertiary alicyclic amines) is 2. The molecule has 134 valence electrons. The van der Waals surface area contributed by atoms with E-state index in [1.165, 1.54) is 32.4 Å². The van der Waals surface area contributed by atoms with E-state index in [0.717, 1.165) is 42.8 Å². The average Bonchev–Trinajstić information content (AvgIpc) is 3.29. The fourth-order valence-electron chi connectivity index (χ4n) is 5.20. The van der Waals surface area contributed by atoms with E-state index in [1.54, 1.807) is 0 Å². The van der Waals surface area contributed by atoms with Crippen molar-refractivity contribution in [3.63, 3.8) is 0 Å². The van der Waals surface area contributed by atoms with Crippen LogP contribution in [0.3, 0.4) is 0 Å². The van der Waals surface area contributed by atoms with Crippen LogP contribution in [0, 0.1) is 16.7 Å². The van der Waals surface area contributed by atoms with E-state index in [2.05, 4.69) is 21.9 Å². The highest BCUT2D eigenvalue weighted by Gasteiger charge is 2.49. The van der Waals surface area contributed by atoms with Gasteiger partial charge in [0.2, 0.25) is 0 Å². The third-order valence-electron chi connectivity index (χ3n) is 6.97. The number of carbonyl (C=O) groups excluding carboxylic acids is 1. The summed E-state index contributed by atoms with van der Waals surface area (Å²) < 4.78 is 0. The van der Waals surface area contributed by atoms with Gasteiger partial charge in [-0.1, -0.05) is 24.3 Å². The lowest BCUT2D eigenvalue weighted by molar-refractivity contribution is -0.114. The van der Waals surface area contributed by atoms with E-state index in [-0.39, 0.29) is 5.78 Å². The summed E-state index contributed by atoms with van der Waals surface area (Å²) in [5.41, 5.74) is 4.07. The minimum absolute atomic E-state index is 0.0291. The Hall–Kier alpha value is -2.12. The fraction of sp³-hybridized carbons (Fsp3) is 0.545. The molecule has 1 saturated carbocycles. The van der Waals surface area contributed by atoms with Gasteiger partial charge in [0.25, 0.3) is 0 Å². The zero-order valence-corrected chi connectivity index (χ0v) is 15.2. The van der Waals surface area contributed by atoms with Gasteiger partial charge in [0.15, 0.2) is 5.78 Å². The average molecular weight is 347 g/mol. The first-order valence-corrected chi connectivity index (χ1v) is 9.94. The highest BCUT2D eigenvalue weighted by Crippen LogP contribution is 2.53. The largest absolute Gasteiger partial charge is 0.370 e. The number of carbonyl (C=O) groups is 1. The smallest absolute Gasteiger partial charge is 0.179 e. The predicted octanol–water partition coefficient (Wildman–Crippen LogP) is 3.00. The van der Waals surface area contributed by atoms with Crippen molar-refractivity contribution in [1.29, 1.82) is 5.26 Å². The Labute approximate surface area is 155 Å². The number of ketones is 1. The number of piperidine rings is 1. The summed E-state index contributed by atoms with van der Waals surface area (Å²) in [6, 6.07) is 11.0. The number of benzene rings is 1. The van der Waals surface area contributed by atoms with Crippen LogP contribution in [0.25, 0.3) is 5.70 Å². The van der Waals surface area contributed by atoms with E-state index in [0.29, 0.717) is 23.5 Å². The van der Waals surface area contributed by atoms with Crippen LogP contribution in [-0.2, 0) is 11.2 Å². The van der Waals surface area contributed by atoms with Crippen LogP contribution in [0.1, 0.15) is 43.2 Å². The zero-order chi connectivity index (χ0) is 17.7. The second kappa shape index (κ2) is 5.96. The molecule has 0 unspecified atom stereocenters. The standard InChI is InChI=1S/C22H25N3O/c23-14-19-20(26)13-16-3-1-2-4-18(16)21(19)24-10-5-17(6-11-24)25-12-9-22(15-25)7-8-22/h1-4,17H,5-13,15H2. The molecule has 2 aliphatic heterocycles. The summed E-state index contributed by atoms with van der Waals surface area (Å²) >= 11 is 0. The molecule has 2 aliphatic carbocycles. The Morgan fingerprint density at radius 1 is 1.08 bits per heavy atom. The molecule has 0 atom stereocenters. The third kappa shape index (κ3) is 2.57. The Morgan fingerprint density at radius 2 is 1.85 bits per heavy atom.